The molecular weight excluding hydrogens is 392 g/mol. The van der Waals surface area contributed by atoms with Crippen LogP contribution in [0.2, 0.25) is 0 Å². The number of aryl methyl sites for hydroxylation is 2. The van der Waals surface area contributed by atoms with Gasteiger partial charge in [-0.05, 0) is 69.2 Å². The van der Waals surface area contributed by atoms with Crippen LogP contribution in [0.25, 0.3) is 0 Å². The zero-order chi connectivity index (χ0) is 20.3. The molecule has 0 bridgehead atoms. The molecule has 0 atom stereocenters. The lowest BCUT2D eigenvalue weighted by Crippen LogP contribution is -2.36. The molecule has 0 unspecified atom stereocenters. The lowest BCUT2D eigenvalue weighted by atomic mass is 10.1. The third-order valence-electron chi connectivity index (χ3n) is 4.98. The summed E-state index contributed by atoms with van der Waals surface area (Å²) in [5.41, 5.74) is 2.93. The van der Waals surface area contributed by atoms with Gasteiger partial charge >= 0.3 is 0 Å². The van der Waals surface area contributed by atoms with Gasteiger partial charge in [0.2, 0.25) is 0 Å². The van der Waals surface area contributed by atoms with Gasteiger partial charge in [0.1, 0.15) is 0 Å². The van der Waals surface area contributed by atoms with E-state index in [1.165, 1.54) is 17.8 Å². The molecule has 1 amide bonds. The van der Waals surface area contributed by atoms with E-state index in [1.54, 1.807) is 18.2 Å². The Morgan fingerprint density at radius 2 is 1.75 bits per heavy atom. The molecule has 0 aromatic heterocycles. The molecule has 5 nitrogen and oxygen atoms in total. The zero-order valence-corrected chi connectivity index (χ0v) is 18.1. The number of carbonyl (C=O) groups is 1. The van der Waals surface area contributed by atoms with E-state index in [9.17, 15) is 13.2 Å². The van der Waals surface area contributed by atoms with Crippen molar-refractivity contribution >= 4 is 33.4 Å². The van der Waals surface area contributed by atoms with Crippen molar-refractivity contribution < 1.29 is 13.2 Å². The van der Waals surface area contributed by atoms with Gasteiger partial charge in [0.15, 0.2) is 0 Å². The van der Waals surface area contributed by atoms with Crippen molar-refractivity contribution in [1.29, 1.82) is 0 Å². The number of sulfonamides is 1. The van der Waals surface area contributed by atoms with Gasteiger partial charge in [-0.1, -0.05) is 17.7 Å². The number of thioether (sulfide) groups is 1. The van der Waals surface area contributed by atoms with E-state index >= 15 is 0 Å². The van der Waals surface area contributed by atoms with Crippen molar-refractivity contribution in [2.24, 2.45) is 0 Å². The van der Waals surface area contributed by atoms with Crippen LogP contribution in [0.15, 0.2) is 46.2 Å². The van der Waals surface area contributed by atoms with Crippen LogP contribution in [0.1, 0.15) is 40.7 Å². The molecule has 1 saturated heterocycles. The number of likely N-dealkylation sites (tertiary alicyclic amines) is 1. The second-order valence-electron chi connectivity index (χ2n) is 7.14. The summed E-state index contributed by atoms with van der Waals surface area (Å²) in [6.45, 7) is 5.28. The second kappa shape index (κ2) is 8.57. The minimum Gasteiger partial charge on any atom is -0.339 e. The van der Waals surface area contributed by atoms with Gasteiger partial charge in [0.05, 0.1) is 16.1 Å². The maximum Gasteiger partial charge on any atom is 0.261 e. The Morgan fingerprint density at radius 3 is 2.39 bits per heavy atom. The summed E-state index contributed by atoms with van der Waals surface area (Å²) in [7, 11) is -3.79. The van der Waals surface area contributed by atoms with Crippen LogP contribution < -0.4 is 4.72 Å². The molecular formula is C21H26N2O3S2. The van der Waals surface area contributed by atoms with Crippen molar-refractivity contribution in [3.05, 3.63) is 53.1 Å². The van der Waals surface area contributed by atoms with Gasteiger partial charge < -0.3 is 4.90 Å². The van der Waals surface area contributed by atoms with E-state index < -0.39 is 10.0 Å². The number of nitrogens with zero attached hydrogens (tertiary/aromatic N) is 1. The Kier molecular flexibility index (Phi) is 6.35. The summed E-state index contributed by atoms with van der Waals surface area (Å²) in [4.78, 5) is 15.7. The average molecular weight is 419 g/mol. The molecule has 150 valence electrons. The number of anilines is 1. The maximum absolute atomic E-state index is 13.0. The molecule has 1 aliphatic heterocycles. The first-order valence-corrected chi connectivity index (χ1v) is 12.1. The molecule has 7 heteroatoms. The summed E-state index contributed by atoms with van der Waals surface area (Å²) in [5.74, 6) is -0.0902. The van der Waals surface area contributed by atoms with Crippen molar-refractivity contribution in [2.45, 2.75) is 42.9 Å². The Balaban J connectivity index is 1.94. The van der Waals surface area contributed by atoms with Crippen molar-refractivity contribution in [2.75, 3.05) is 24.1 Å². The first-order valence-electron chi connectivity index (χ1n) is 9.39. The number of amides is 1. The summed E-state index contributed by atoms with van der Waals surface area (Å²) < 4.78 is 28.5. The van der Waals surface area contributed by atoms with Gasteiger partial charge in [-0.15, -0.1) is 11.8 Å². The Morgan fingerprint density at radius 1 is 1.04 bits per heavy atom. The number of hydrogen-bond donors (Lipinski definition) is 1. The maximum atomic E-state index is 13.0. The zero-order valence-electron chi connectivity index (χ0n) is 16.5. The predicted molar refractivity (Wildman–Crippen MR) is 115 cm³/mol. The second-order valence-corrected chi connectivity index (χ2v) is 9.67. The Bertz CT molecular complexity index is 981. The molecule has 0 saturated carbocycles. The highest BCUT2D eigenvalue weighted by atomic mass is 32.2. The van der Waals surface area contributed by atoms with Crippen molar-refractivity contribution in [1.82, 2.24) is 4.90 Å². The number of benzene rings is 2. The first kappa shape index (κ1) is 20.7. The molecule has 0 spiro atoms. The predicted octanol–water partition coefficient (Wildman–Crippen LogP) is 4.45. The van der Waals surface area contributed by atoms with Gasteiger partial charge in [0.25, 0.3) is 15.9 Å². The smallest absolute Gasteiger partial charge is 0.261 e. The average Bonchev–Trinajstić information content (AvgIpc) is 2.69. The highest BCUT2D eigenvalue weighted by Crippen LogP contribution is 2.28. The van der Waals surface area contributed by atoms with Crippen LogP contribution in [-0.4, -0.2) is 38.6 Å². The van der Waals surface area contributed by atoms with Crippen molar-refractivity contribution in [3.8, 4) is 0 Å². The molecule has 1 fully saturated rings. The standard InChI is InChI=1S/C21H26N2O3S2/c1-15-7-9-19(16(2)13-15)22-28(25,26)17-8-10-20(27-3)18(14-17)21(24)23-11-5-4-6-12-23/h7-10,13-14,22H,4-6,11-12H2,1-3H3. The fourth-order valence-electron chi connectivity index (χ4n) is 3.42. The summed E-state index contributed by atoms with van der Waals surface area (Å²) in [6, 6.07) is 10.4. The third kappa shape index (κ3) is 4.52. The molecule has 3 rings (SSSR count). The van der Waals surface area contributed by atoms with Crippen LogP contribution in [0.3, 0.4) is 0 Å². The Hall–Kier alpha value is -1.99. The fraction of sp³-hybridized carbons (Fsp3) is 0.381. The molecule has 2 aromatic rings. The quantitative estimate of drug-likeness (QED) is 0.729. The van der Waals surface area contributed by atoms with Gasteiger partial charge in [-0.2, -0.15) is 0 Å². The van der Waals surface area contributed by atoms with E-state index in [0.29, 0.717) is 11.3 Å². The number of hydrogen-bond acceptors (Lipinski definition) is 4. The van der Waals surface area contributed by atoms with Gasteiger partial charge in [-0.25, -0.2) is 8.42 Å². The molecule has 28 heavy (non-hydrogen) atoms. The summed E-state index contributed by atoms with van der Waals surface area (Å²) >= 11 is 1.45. The lowest BCUT2D eigenvalue weighted by molar-refractivity contribution is 0.0720. The van der Waals surface area contributed by atoms with Crippen LogP contribution in [0.4, 0.5) is 5.69 Å². The van der Waals surface area contributed by atoms with Gasteiger partial charge in [0, 0.05) is 18.0 Å². The van der Waals surface area contributed by atoms with E-state index in [1.807, 2.05) is 37.1 Å². The van der Waals surface area contributed by atoms with Crippen LogP contribution >= 0.6 is 11.8 Å². The molecule has 0 radical (unpaired) electrons. The van der Waals surface area contributed by atoms with E-state index in [2.05, 4.69) is 4.72 Å². The molecule has 1 heterocycles. The van der Waals surface area contributed by atoms with Gasteiger partial charge in [-0.3, -0.25) is 9.52 Å². The fourth-order valence-corrected chi connectivity index (χ4v) is 5.15. The van der Waals surface area contributed by atoms with E-state index in [4.69, 9.17) is 0 Å². The minimum atomic E-state index is -3.79. The topological polar surface area (TPSA) is 66.5 Å². The molecule has 0 aliphatic carbocycles. The minimum absolute atomic E-state index is 0.0902. The highest BCUT2D eigenvalue weighted by Gasteiger charge is 2.24. The monoisotopic (exact) mass is 418 g/mol. The van der Waals surface area contributed by atoms with Crippen LogP contribution in [0.5, 0.6) is 0 Å². The Labute approximate surface area is 171 Å². The normalized spacial score (nSPS) is 14.8. The molecule has 1 aliphatic rings. The molecule has 2 aromatic carbocycles. The number of nitrogens with one attached hydrogen (secondary N) is 1. The van der Waals surface area contributed by atoms with E-state index in [0.717, 1.165) is 48.4 Å². The third-order valence-corrected chi connectivity index (χ3v) is 7.14. The molecule has 1 N–H and O–H groups in total. The first-order chi connectivity index (χ1) is 13.3. The van der Waals surface area contributed by atoms with Crippen LogP contribution in [-0.2, 0) is 10.0 Å². The lowest BCUT2D eigenvalue weighted by Gasteiger charge is -2.27. The number of carbonyl (C=O) groups excluding carboxylic acids is 1. The number of piperidine rings is 1. The SMILES string of the molecule is CSc1ccc(S(=O)(=O)Nc2ccc(C)cc2C)cc1C(=O)N1CCCCC1. The number of rotatable bonds is 5. The largest absolute Gasteiger partial charge is 0.339 e. The summed E-state index contributed by atoms with van der Waals surface area (Å²) in [5, 5.41) is 0. The van der Waals surface area contributed by atoms with Crippen LogP contribution in [0, 0.1) is 13.8 Å². The summed E-state index contributed by atoms with van der Waals surface area (Å²) in [6.07, 6.45) is 5.01. The highest BCUT2D eigenvalue weighted by molar-refractivity contribution is 7.98. The van der Waals surface area contributed by atoms with E-state index in [-0.39, 0.29) is 10.8 Å². The van der Waals surface area contributed by atoms with Crippen molar-refractivity contribution in [3.63, 3.8) is 0 Å².